The molecule has 4 rings (SSSR count). The number of aliphatic hydroxyl groups is 1. The Morgan fingerprint density at radius 3 is 2.48 bits per heavy atom. The second kappa shape index (κ2) is 7.87. The lowest BCUT2D eigenvalue weighted by atomic mass is 9.85. The van der Waals surface area contributed by atoms with Gasteiger partial charge < -0.3 is 29.5 Å². The van der Waals surface area contributed by atoms with Crippen molar-refractivity contribution in [1.29, 1.82) is 0 Å². The van der Waals surface area contributed by atoms with Gasteiger partial charge >= 0.3 is 0 Å². The third-order valence-electron chi connectivity index (χ3n) is 5.88. The molecule has 1 atom stereocenters. The average molecular weight is 396 g/mol. The van der Waals surface area contributed by atoms with Crippen LogP contribution in [0.4, 0.5) is 5.69 Å². The van der Waals surface area contributed by atoms with Crippen molar-refractivity contribution < 1.29 is 19.3 Å². The third-order valence-corrected chi connectivity index (χ3v) is 5.88. The van der Waals surface area contributed by atoms with Crippen molar-refractivity contribution >= 4 is 17.5 Å². The van der Waals surface area contributed by atoms with Crippen LogP contribution in [0.2, 0.25) is 0 Å². The normalized spacial score (nSPS) is 16.9. The molecular weight excluding hydrogens is 368 g/mol. The fourth-order valence-corrected chi connectivity index (χ4v) is 4.51. The summed E-state index contributed by atoms with van der Waals surface area (Å²) in [7, 11) is 5.02. The van der Waals surface area contributed by atoms with E-state index in [2.05, 4.69) is 41.5 Å². The summed E-state index contributed by atoms with van der Waals surface area (Å²) in [5.41, 5.74) is 4.77. The lowest BCUT2D eigenvalue weighted by Gasteiger charge is -2.40. The largest absolute Gasteiger partial charge is 0.495 e. The molecule has 154 valence electrons. The standard InChI is InChI=1S/C23H28N2O4/c1-14-16-5-6-19(27-2)22(24-8-10-26)18(16)13-25-9-7-15-11-20(28-3)21(29-4)12-17(15)23(14)25/h5-6,11-13,23-24,26H,7-10H2,1-4H3. The van der Waals surface area contributed by atoms with Crippen molar-refractivity contribution in [1.82, 2.24) is 4.90 Å². The topological polar surface area (TPSA) is 63.2 Å². The van der Waals surface area contributed by atoms with Crippen molar-refractivity contribution in [2.75, 3.05) is 46.3 Å². The van der Waals surface area contributed by atoms with Crippen LogP contribution in [0, 0.1) is 0 Å². The molecule has 1 unspecified atom stereocenters. The van der Waals surface area contributed by atoms with Gasteiger partial charge in [-0.3, -0.25) is 0 Å². The number of ether oxygens (including phenoxy) is 3. The van der Waals surface area contributed by atoms with Crippen molar-refractivity contribution in [2.45, 2.75) is 19.4 Å². The number of nitrogens with one attached hydrogen (secondary N) is 1. The summed E-state index contributed by atoms with van der Waals surface area (Å²) in [6, 6.07) is 8.49. The SMILES string of the molecule is COc1cc2c(cc1OC)C1C(C)=c3ccc(OC)c(NCCO)c3=CN1CC2. The Morgan fingerprint density at radius 2 is 1.79 bits per heavy atom. The minimum atomic E-state index is 0.0663. The van der Waals surface area contributed by atoms with Gasteiger partial charge in [-0.1, -0.05) is 6.07 Å². The maximum absolute atomic E-state index is 9.28. The molecule has 0 bridgehead atoms. The molecule has 2 aliphatic rings. The fourth-order valence-electron chi connectivity index (χ4n) is 4.51. The molecule has 0 aromatic heterocycles. The minimum Gasteiger partial charge on any atom is -0.495 e. The molecule has 0 radical (unpaired) electrons. The van der Waals surface area contributed by atoms with Gasteiger partial charge in [-0.25, -0.2) is 0 Å². The Morgan fingerprint density at radius 1 is 1.07 bits per heavy atom. The first-order chi connectivity index (χ1) is 14.1. The molecular formula is C23H28N2O4. The number of methoxy groups -OCH3 is 3. The maximum atomic E-state index is 9.28. The van der Waals surface area contributed by atoms with Crippen LogP contribution in [0.25, 0.3) is 11.8 Å². The molecule has 2 aliphatic heterocycles. The number of rotatable bonds is 6. The quantitative estimate of drug-likeness (QED) is 0.774. The zero-order valence-corrected chi connectivity index (χ0v) is 17.4. The van der Waals surface area contributed by atoms with Gasteiger partial charge in [0.15, 0.2) is 11.5 Å². The molecule has 0 amide bonds. The highest BCUT2D eigenvalue weighted by atomic mass is 16.5. The van der Waals surface area contributed by atoms with Gasteiger partial charge in [0.1, 0.15) is 5.75 Å². The number of hydrogen-bond acceptors (Lipinski definition) is 6. The van der Waals surface area contributed by atoms with Crippen molar-refractivity contribution in [3.8, 4) is 17.2 Å². The predicted octanol–water partition coefficient (Wildman–Crippen LogP) is 1.64. The number of nitrogens with zero attached hydrogens (tertiary/aromatic N) is 1. The van der Waals surface area contributed by atoms with Crippen LogP contribution in [0.1, 0.15) is 24.1 Å². The monoisotopic (exact) mass is 396 g/mol. The maximum Gasteiger partial charge on any atom is 0.161 e. The molecule has 0 fully saturated rings. The first kappa shape index (κ1) is 19.5. The molecule has 2 N–H and O–H groups in total. The van der Waals surface area contributed by atoms with Crippen LogP contribution in [-0.4, -0.2) is 51.0 Å². The molecule has 2 aromatic rings. The lowest BCUT2D eigenvalue weighted by molar-refractivity contribution is 0.310. The summed E-state index contributed by atoms with van der Waals surface area (Å²) < 4.78 is 16.6. The first-order valence-electron chi connectivity index (χ1n) is 9.87. The Hall–Kier alpha value is -2.86. The molecule has 0 aliphatic carbocycles. The summed E-state index contributed by atoms with van der Waals surface area (Å²) >= 11 is 0. The van der Waals surface area contributed by atoms with Gasteiger partial charge in [-0.15, -0.1) is 0 Å². The van der Waals surface area contributed by atoms with Gasteiger partial charge in [0.25, 0.3) is 0 Å². The molecule has 0 saturated heterocycles. The van der Waals surface area contributed by atoms with Gasteiger partial charge in [0, 0.05) is 24.5 Å². The van der Waals surface area contributed by atoms with E-state index in [9.17, 15) is 5.11 Å². The Bertz CT molecular complexity index is 1050. The van der Waals surface area contributed by atoms with Crippen LogP contribution in [0.5, 0.6) is 17.2 Å². The highest BCUT2D eigenvalue weighted by Gasteiger charge is 2.31. The predicted molar refractivity (Wildman–Crippen MR) is 114 cm³/mol. The van der Waals surface area contributed by atoms with Crippen molar-refractivity contribution in [3.05, 3.63) is 45.8 Å². The van der Waals surface area contributed by atoms with E-state index >= 15 is 0 Å². The Balaban J connectivity index is 1.91. The molecule has 0 spiro atoms. The van der Waals surface area contributed by atoms with Gasteiger partial charge in [0.2, 0.25) is 0 Å². The van der Waals surface area contributed by atoms with Crippen molar-refractivity contribution in [2.24, 2.45) is 0 Å². The van der Waals surface area contributed by atoms with Crippen LogP contribution < -0.4 is 30.0 Å². The van der Waals surface area contributed by atoms with Gasteiger partial charge in [-0.05, 0) is 53.5 Å². The summed E-state index contributed by atoms with van der Waals surface area (Å²) in [6.45, 7) is 3.65. The van der Waals surface area contributed by atoms with E-state index in [1.807, 2.05) is 6.07 Å². The molecule has 6 heteroatoms. The van der Waals surface area contributed by atoms with E-state index in [1.165, 1.54) is 21.9 Å². The van der Waals surface area contributed by atoms with E-state index in [4.69, 9.17) is 14.2 Å². The second-order valence-electron chi connectivity index (χ2n) is 7.36. The summed E-state index contributed by atoms with van der Waals surface area (Å²) in [5.74, 6) is 2.31. The fraction of sp³-hybridized carbons (Fsp3) is 0.391. The van der Waals surface area contributed by atoms with Gasteiger partial charge in [0.05, 0.1) is 39.7 Å². The van der Waals surface area contributed by atoms with E-state index in [1.54, 1.807) is 21.3 Å². The van der Waals surface area contributed by atoms with Crippen molar-refractivity contribution in [3.63, 3.8) is 0 Å². The van der Waals surface area contributed by atoms with Crippen LogP contribution in [0.3, 0.4) is 0 Å². The van der Waals surface area contributed by atoms with E-state index in [0.717, 1.165) is 41.1 Å². The molecule has 29 heavy (non-hydrogen) atoms. The number of hydrogen-bond donors (Lipinski definition) is 2. The Kier molecular flexibility index (Phi) is 5.28. The zero-order valence-electron chi connectivity index (χ0n) is 17.4. The van der Waals surface area contributed by atoms with E-state index in [-0.39, 0.29) is 12.6 Å². The molecule has 0 saturated carbocycles. The van der Waals surface area contributed by atoms with Crippen LogP contribution in [-0.2, 0) is 6.42 Å². The second-order valence-corrected chi connectivity index (χ2v) is 7.36. The smallest absolute Gasteiger partial charge is 0.161 e. The average Bonchev–Trinajstić information content (AvgIpc) is 2.76. The molecule has 2 heterocycles. The third kappa shape index (κ3) is 3.17. The summed E-state index contributed by atoms with van der Waals surface area (Å²) in [6.07, 6.45) is 3.16. The zero-order chi connectivity index (χ0) is 20.5. The van der Waals surface area contributed by atoms with Gasteiger partial charge in [-0.2, -0.15) is 0 Å². The summed E-state index contributed by atoms with van der Waals surface area (Å²) in [4.78, 5) is 2.38. The lowest BCUT2D eigenvalue weighted by Crippen LogP contribution is -2.44. The van der Waals surface area contributed by atoms with Crippen LogP contribution >= 0.6 is 0 Å². The highest BCUT2D eigenvalue weighted by molar-refractivity contribution is 5.68. The van der Waals surface area contributed by atoms with Crippen LogP contribution in [0.15, 0.2) is 24.3 Å². The molecule has 2 aromatic carbocycles. The Labute approximate surface area is 171 Å². The first-order valence-corrected chi connectivity index (χ1v) is 9.87. The number of benzene rings is 2. The number of anilines is 1. The molecule has 6 nitrogen and oxygen atoms in total. The van der Waals surface area contributed by atoms with E-state index < -0.39 is 0 Å². The number of fused-ring (bicyclic) bond motifs is 4. The minimum absolute atomic E-state index is 0.0663. The highest BCUT2D eigenvalue weighted by Crippen LogP contribution is 2.42. The number of aliphatic hydroxyl groups excluding tert-OH is 1. The van der Waals surface area contributed by atoms with E-state index in [0.29, 0.717) is 6.54 Å². The summed E-state index contributed by atoms with van der Waals surface area (Å²) in [5, 5.41) is 14.9.